The minimum absolute atomic E-state index is 0.202. The maximum Gasteiger partial charge on any atom is 0.573 e. The molecule has 0 unspecified atom stereocenters. The lowest BCUT2D eigenvalue weighted by molar-refractivity contribution is -0.274. The topological polar surface area (TPSA) is 122 Å². The van der Waals surface area contributed by atoms with Gasteiger partial charge in [-0.1, -0.05) is 19.3 Å². The van der Waals surface area contributed by atoms with E-state index in [9.17, 15) is 21.6 Å². The summed E-state index contributed by atoms with van der Waals surface area (Å²) in [7, 11) is -4.16. The van der Waals surface area contributed by atoms with Crippen molar-refractivity contribution in [3.8, 4) is 5.75 Å². The van der Waals surface area contributed by atoms with Gasteiger partial charge in [0.15, 0.2) is 11.5 Å². The molecule has 1 fully saturated rings. The van der Waals surface area contributed by atoms with E-state index in [4.69, 9.17) is 0 Å². The van der Waals surface area contributed by atoms with E-state index in [1.165, 1.54) is 25.6 Å². The SMILES string of the molecule is O=S(=O)(Nc1nc(NCC2CCCCC2)c2[nH]cnc2n1)c1ccc(OC(F)(F)F)cc1. The molecule has 172 valence electrons. The summed E-state index contributed by atoms with van der Waals surface area (Å²) in [5, 5.41) is 3.26. The standard InChI is InChI=1S/C19H21F3N6O3S/c20-19(21,22)31-13-6-8-14(9-7-13)32(29,30)28-18-26-16(15-17(27-18)25-11-24-15)23-10-12-4-2-1-3-5-12/h6-9,11-12H,1-5,10H2,(H3,23,24,25,26,27,28). The maximum absolute atomic E-state index is 12.7. The molecular weight excluding hydrogens is 449 g/mol. The van der Waals surface area contributed by atoms with Crippen molar-refractivity contribution >= 4 is 33.0 Å². The summed E-state index contributed by atoms with van der Waals surface area (Å²) in [6.07, 6.45) is 2.43. The van der Waals surface area contributed by atoms with Crippen molar-refractivity contribution in [3.63, 3.8) is 0 Å². The van der Waals surface area contributed by atoms with Gasteiger partial charge in [0.2, 0.25) is 5.95 Å². The molecule has 9 nitrogen and oxygen atoms in total. The minimum atomic E-state index is -4.87. The minimum Gasteiger partial charge on any atom is -0.406 e. The van der Waals surface area contributed by atoms with Crippen LogP contribution in [0.5, 0.6) is 5.75 Å². The Morgan fingerprint density at radius 3 is 2.50 bits per heavy atom. The fourth-order valence-electron chi connectivity index (χ4n) is 3.64. The highest BCUT2D eigenvalue weighted by atomic mass is 32.2. The van der Waals surface area contributed by atoms with Crippen molar-refractivity contribution in [1.82, 2.24) is 19.9 Å². The molecule has 2 heterocycles. The lowest BCUT2D eigenvalue weighted by Gasteiger charge is -2.22. The van der Waals surface area contributed by atoms with Crippen molar-refractivity contribution in [1.29, 1.82) is 0 Å². The normalized spacial score (nSPS) is 15.6. The Balaban J connectivity index is 1.52. The number of nitrogens with zero attached hydrogens (tertiary/aromatic N) is 3. The van der Waals surface area contributed by atoms with Crippen LogP contribution in [-0.2, 0) is 10.0 Å². The van der Waals surface area contributed by atoms with E-state index >= 15 is 0 Å². The molecule has 1 aliphatic carbocycles. The molecule has 2 aromatic heterocycles. The zero-order valence-electron chi connectivity index (χ0n) is 16.8. The number of halogens is 3. The summed E-state index contributed by atoms with van der Waals surface area (Å²) in [6.45, 7) is 0.692. The van der Waals surface area contributed by atoms with Crippen LogP contribution in [0.1, 0.15) is 32.1 Å². The average Bonchev–Trinajstić information content (AvgIpc) is 3.20. The number of aromatic amines is 1. The van der Waals surface area contributed by atoms with E-state index in [-0.39, 0.29) is 16.5 Å². The first-order valence-electron chi connectivity index (χ1n) is 10.0. The van der Waals surface area contributed by atoms with Gasteiger partial charge < -0.3 is 15.0 Å². The third kappa shape index (κ3) is 5.39. The van der Waals surface area contributed by atoms with Crippen LogP contribution in [0.25, 0.3) is 11.2 Å². The smallest absolute Gasteiger partial charge is 0.406 e. The molecule has 1 aromatic carbocycles. The van der Waals surface area contributed by atoms with E-state index in [0.717, 1.165) is 37.1 Å². The third-order valence-electron chi connectivity index (χ3n) is 5.16. The highest BCUT2D eigenvalue weighted by Crippen LogP contribution is 2.27. The summed E-state index contributed by atoms with van der Waals surface area (Å²) in [6, 6.07) is 3.82. The van der Waals surface area contributed by atoms with Gasteiger partial charge in [0.25, 0.3) is 10.0 Å². The predicted octanol–water partition coefficient (Wildman–Crippen LogP) is 4.04. The van der Waals surface area contributed by atoms with Gasteiger partial charge >= 0.3 is 6.36 Å². The van der Waals surface area contributed by atoms with E-state index in [1.807, 2.05) is 0 Å². The number of hydrogen-bond acceptors (Lipinski definition) is 7. The largest absolute Gasteiger partial charge is 0.573 e. The van der Waals surface area contributed by atoms with Crippen LogP contribution >= 0.6 is 0 Å². The van der Waals surface area contributed by atoms with E-state index < -0.39 is 22.1 Å². The predicted molar refractivity (Wildman–Crippen MR) is 111 cm³/mol. The molecule has 3 N–H and O–H groups in total. The number of alkyl halides is 3. The molecule has 0 saturated heterocycles. The Hall–Kier alpha value is -3.09. The van der Waals surface area contributed by atoms with Crippen molar-refractivity contribution in [2.45, 2.75) is 43.4 Å². The monoisotopic (exact) mass is 470 g/mol. The van der Waals surface area contributed by atoms with Crippen LogP contribution in [0.2, 0.25) is 0 Å². The highest BCUT2D eigenvalue weighted by Gasteiger charge is 2.31. The maximum atomic E-state index is 12.7. The summed E-state index contributed by atoms with van der Waals surface area (Å²) >= 11 is 0. The molecule has 0 amide bonds. The fraction of sp³-hybridized carbons (Fsp3) is 0.421. The summed E-state index contributed by atoms with van der Waals surface area (Å²) in [4.78, 5) is 15.1. The Labute approximate surface area is 181 Å². The first-order chi connectivity index (χ1) is 15.2. The second-order valence-electron chi connectivity index (χ2n) is 7.51. The average molecular weight is 470 g/mol. The number of nitrogens with one attached hydrogen (secondary N) is 3. The van der Waals surface area contributed by atoms with Crippen molar-refractivity contribution in [3.05, 3.63) is 30.6 Å². The zero-order valence-corrected chi connectivity index (χ0v) is 17.6. The molecule has 0 radical (unpaired) electrons. The highest BCUT2D eigenvalue weighted by molar-refractivity contribution is 7.92. The quantitative estimate of drug-likeness (QED) is 0.476. The lowest BCUT2D eigenvalue weighted by Crippen LogP contribution is -2.19. The van der Waals surface area contributed by atoms with Gasteiger partial charge in [-0.05, 0) is 43.0 Å². The number of hydrogen-bond donors (Lipinski definition) is 3. The molecule has 13 heteroatoms. The number of benzene rings is 1. The Kier molecular flexibility index (Phi) is 6.09. The van der Waals surface area contributed by atoms with Gasteiger partial charge in [0.05, 0.1) is 11.2 Å². The molecule has 0 aliphatic heterocycles. The molecule has 32 heavy (non-hydrogen) atoms. The Morgan fingerprint density at radius 2 is 1.81 bits per heavy atom. The van der Waals surface area contributed by atoms with E-state index in [2.05, 4.69) is 34.7 Å². The van der Waals surface area contributed by atoms with Gasteiger partial charge in [0, 0.05) is 6.54 Å². The number of anilines is 2. The summed E-state index contributed by atoms with van der Waals surface area (Å²) < 4.78 is 68.3. The number of fused-ring (bicyclic) bond motifs is 1. The van der Waals surface area contributed by atoms with Gasteiger partial charge in [-0.3, -0.25) is 0 Å². The first-order valence-corrected chi connectivity index (χ1v) is 11.5. The summed E-state index contributed by atoms with van der Waals surface area (Å²) in [5.41, 5.74) is 0.829. The van der Waals surface area contributed by atoms with Crippen molar-refractivity contribution < 1.29 is 26.3 Å². The van der Waals surface area contributed by atoms with Gasteiger partial charge in [0.1, 0.15) is 11.3 Å². The van der Waals surface area contributed by atoms with Crippen LogP contribution in [0.15, 0.2) is 35.5 Å². The molecule has 1 aliphatic rings. The van der Waals surface area contributed by atoms with Gasteiger partial charge in [-0.25, -0.2) is 18.1 Å². The van der Waals surface area contributed by atoms with Crippen molar-refractivity contribution in [2.24, 2.45) is 5.92 Å². The van der Waals surface area contributed by atoms with Crippen LogP contribution in [0.3, 0.4) is 0 Å². The van der Waals surface area contributed by atoms with Crippen molar-refractivity contribution in [2.75, 3.05) is 16.6 Å². The number of imidazole rings is 1. The first kappa shape index (κ1) is 22.1. The molecule has 0 spiro atoms. The van der Waals surface area contributed by atoms with Crippen LogP contribution in [0.4, 0.5) is 24.9 Å². The number of H-pyrrole nitrogens is 1. The Morgan fingerprint density at radius 1 is 1.09 bits per heavy atom. The third-order valence-corrected chi connectivity index (χ3v) is 6.51. The van der Waals surface area contributed by atoms with E-state index in [1.54, 1.807) is 0 Å². The molecule has 0 bridgehead atoms. The second kappa shape index (κ2) is 8.81. The molecular formula is C19H21F3N6O3S. The second-order valence-corrected chi connectivity index (χ2v) is 9.19. The van der Waals surface area contributed by atoms with Crippen LogP contribution in [0, 0.1) is 5.92 Å². The molecule has 3 aromatic rings. The number of aromatic nitrogens is 4. The number of sulfonamides is 1. The van der Waals surface area contributed by atoms with Gasteiger partial charge in [-0.2, -0.15) is 9.97 Å². The molecule has 0 atom stereocenters. The van der Waals surface area contributed by atoms with Crippen LogP contribution < -0.4 is 14.8 Å². The molecule has 4 rings (SSSR count). The summed E-state index contributed by atoms with van der Waals surface area (Å²) in [5.74, 6) is 0.199. The number of rotatable bonds is 7. The number of ether oxygens (including phenoxy) is 1. The molecule has 1 saturated carbocycles. The fourth-order valence-corrected chi connectivity index (χ4v) is 4.58. The van der Waals surface area contributed by atoms with E-state index in [0.29, 0.717) is 23.8 Å². The lowest BCUT2D eigenvalue weighted by atomic mass is 9.89. The van der Waals surface area contributed by atoms with Gasteiger partial charge in [-0.15, -0.1) is 13.2 Å². The Bertz CT molecular complexity index is 1180. The zero-order chi connectivity index (χ0) is 22.8. The van der Waals surface area contributed by atoms with Crippen LogP contribution in [-0.4, -0.2) is 41.3 Å².